The Balaban J connectivity index is 1.93. The standard InChI is InChI=1S/C11H21N5O2S/c1-10(6-12)8-15-2-4-16(5-3-15)19(17,18)11-7-13-9-14-11/h7,9-10H,2-6,8,12H2,1H3,(H,13,14). The minimum atomic E-state index is -3.41. The van der Waals surface area contributed by atoms with Crippen molar-refractivity contribution in [3.8, 4) is 0 Å². The number of aromatic amines is 1. The molecule has 1 aromatic rings. The molecule has 0 spiro atoms. The van der Waals surface area contributed by atoms with Crippen LogP contribution < -0.4 is 5.73 Å². The number of rotatable bonds is 5. The molecule has 1 unspecified atom stereocenters. The monoisotopic (exact) mass is 287 g/mol. The SMILES string of the molecule is CC(CN)CN1CCN(S(=O)(=O)c2cnc[nH]2)CC1. The molecule has 8 heteroatoms. The summed E-state index contributed by atoms with van der Waals surface area (Å²) in [5.74, 6) is 0.441. The van der Waals surface area contributed by atoms with Gasteiger partial charge < -0.3 is 15.6 Å². The summed E-state index contributed by atoms with van der Waals surface area (Å²) >= 11 is 0. The number of nitrogens with zero attached hydrogens (tertiary/aromatic N) is 3. The van der Waals surface area contributed by atoms with E-state index >= 15 is 0 Å². The fourth-order valence-electron chi connectivity index (χ4n) is 2.19. The van der Waals surface area contributed by atoms with Crippen LogP contribution in [0.2, 0.25) is 0 Å². The van der Waals surface area contributed by atoms with Crippen LogP contribution in [0, 0.1) is 5.92 Å². The van der Waals surface area contributed by atoms with E-state index in [9.17, 15) is 8.42 Å². The van der Waals surface area contributed by atoms with Crippen molar-refractivity contribution in [1.29, 1.82) is 0 Å². The molecule has 2 rings (SSSR count). The third-order valence-electron chi connectivity index (χ3n) is 3.39. The highest BCUT2D eigenvalue weighted by atomic mass is 32.2. The number of nitrogens with one attached hydrogen (secondary N) is 1. The van der Waals surface area contributed by atoms with Crippen molar-refractivity contribution < 1.29 is 8.42 Å². The Bertz CT molecular complexity index is 479. The second-order valence-electron chi connectivity index (χ2n) is 4.96. The van der Waals surface area contributed by atoms with E-state index in [-0.39, 0.29) is 5.03 Å². The minimum absolute atomic E-state index is 0.163. The molecule has 108 valence electrons. The Hall–Kier alpha value is -0.960. The van der Waals surface area contributed by atoms with Gasteiger partial charge >= 0.3 is 0 Å². The molecule has 0 saturated carbocycles. The van der Waals surface area contributed by atoms with E-state index in [4.69, 9.17) is 5.73 Å². The molecule has 1 fully saturated rings. The number of nitrogens with two attached hydrogens (primary N) is 1. The molecule has 1 aromatic heterocycles. The largest absolute Gasteiger partial charge is 0.335 e. The molecule has 0 radical (unpaired) electrons. The van der Waals surface area contributed by atoms with Gasteiger partial charge in [0.15, 0.2) is 5.03 Å². The van der Waals surface area contributed by atoms with Crippen molar-refractivity contribution in [3.05, 3.63) is 12.5 Å². The molecule has 1 aliphatic heterocycles. The topological polar surface area (TPSA) is 95.3 Å². The van der Waals surface area contributed by atoms with Crippen LogP contribution in [-0.4, -0.2) is 66.9 Å². The van der Waals surface area contributed by atoms with Gasteiger partial charge in [0.1, 0.15) is 0 Å². The van der Waals surface area contributed by atoms with Crippen molar-refractivity contribution in [3.63, 3.8) is 0 Å². The predicted molar refractivity (Wildman–Crippen MR) is 72.0 cm³/mol. The summed E-state index contributed by atoms with van der Waals surface area (Å²) in [6, 6.07) is 0. The van der Waals surface area contributed by atoms with Crippen molar-refractivity contribution >= 4 is 10.0 Å². The Morgan fingerprint density at radius 2 is 2.11 bits per heavy atom. The lowest BCUT2D eigenvalue weighted by Gasteiger charge is -2.34. The zero-order valence-corrected chi connectivity index (χ0v) is 11.9. The van der Waals surface area contributed by atoms with Gasteiger partial charge in [-0.25, -0.2) is 13.4 Å². The van der Waals surface area contributed by atoms with Crippen LogP contribution in [0.25, 0.3) is 0 Å². The Morgan fingerprint density at radius 1 is 1.42 bits per heavy atom. The highest BCUT2D eigenvalue weighted by Crippen LogP contribution is 2.15. The smallest absolute Gasteiger partial charge is 0.260 e. The molecule has 0 aromatic carbocycles. The van der Waals surface area contributed by atoms with Crippen LogP contribution in [-0.2, 0) is 10.0 Å². The fourth-order valence-corrected chi connectivity index (χ4v) is 3.51. The highest BCUT2D eigenvalue weighted by molar-refractivity contribution is 7.89. The molecule has 0 amide bonds. The van der Waals surface area contributed by atoms with Crippen molar-refractivity contribution in [2.24, 2.45) is 11.7 Å². The first-order valence-corrected chi connectivity index (χ1v) is 7.89. The van der Waals surface area contributed by atoms with E-state index in [2.05, 4.69) is 21.8 Å². The molecule has 7 nitrogen and oxygen atoms in total. The average Bonchev–Trinajstić information content (AvgIpc) is 2.94. The maximum Gasteiger partial charge on any atom is 0.260 e. The lowest BCUT2D eigenvalue weighted by Crippen LogP contribution is -2.49. The lowest BCUT2D eigenvalue weighted by molar-refractivity contribution is 0.169. The molecular formula is C11H21N5O2S. The van der Waals surface area contributed by atoms with E-state index in [0.717, 1.165) is 19.6 Å². The van der Waals surface area contributed by atoms with E-state index < -0.39 is 10.0 Å². The van der Waals surface area contributed by atoms with E-state index in [1.54, 1.807) is 0 Å². The van der Waals surface area contributed by atoms with Gasteiger partial charge in [0.05, 0.1) is 12.5 Å². The van der Waals surface area contributed by atoms with Gasteiger partial charge in [0.25, 0.3) is 10.0 Å². The number of imidazole rings is 1. The molecule has 1 saturated heterocycles. The van der Waals surface area contributed by atoms with Crippen LogP contribution in [0.1, 0.15) is 6.92 Å². The zero-order valence-electron chi connectivity index (χ0n) is 11.1. The van der Waals surface area contributed by atoms with Gasteiger partial charge in [-0.2, -0.15) is 4.31 Å². The van der Waals surface area contributed by atoms with Crippen LogP contribution in [0.3, 0.4) is 0 Å². The van der Waals surface area contributed by atoms with Gasteiger partial charge in [-0.15, -0.1) is 0 Å². The maximum absolute atomic E-state index is 12.2. The first-order valence-electron chi connectivity index (χ1n) is 6.45. The first kappa shape index (κ1) is 14.4. The molecular weight excluding hydrogens is 266 g/mol. The van der Waals surface area contributed by atoms with Gasteiger partial charge in [0, 0.05) is 32.7 Å². The van der Waals surface area contributed by atoms with Crippen molar-refractivity contribution in [2.75, 3.05) is 39.3 Å². The molecule has 1 atom stereocenters. The van der Waals surface area contributed by atoms with Gasteiger partial charge in [-0.3, -0.25) is 0 Å². The first-order chi connectivity index (χ1) is 9.04. The predicted octanol–water partition coefficient (Wildman–Crippen LogP) is -0.689. The number of piperazine rings is 1. The van der Waals surface area contributed by atoms with Crippen molar-refractivity contribution in [1.82, 2.24) is 19.2 Å². The van der Waals surface area contributed by atoms with Crippen LogP contribution in [0.4, 0.5) is 0 Å². The summed E-state index contributed by atoms with van der Waals surface area (Å²) in [5.41, 5.74) is 5.61. The quantitative estimate of drug-likeness (QED) is 0.747. The van der Waals surface area contributed by atoms with Gasteiger partial charge in [0.2, 0.25) is 0 Å². The van der Waals surface area contributed by atoms with Gasteiger partial charge in [-0.1, -0.05) is 6.92 Å². The molecule has 0 aliphatic carbocycles. The highest BCUT2D eigenvalue weighted by Gasteiger charge is 2.29. The molecule has 3 N–H and O–H groups in total. The summed E-state index contributed by atoms with van der Waals surface area (Å²) < 4.78 is 26.0. The van der Waals surface area contributed by atoms with Crippen LogP contribution in [0.15, 0.2) is 17.6 Å². The van der Waals surface area contributed by atoms with Crippen molar-refractivity contribution in [2.45, 2.75) is 11.9 Å². The molecule has 19 heavy (non-hydrogen) atoms. The second kappa shape index (κ2) is 6.00. The number of hydrogen-bond acceptors (Lipinski definition) is 5. The summed E-state index contributed by atoms with van der Waals surface area (Å²) in [6.45, 7) is 6.21. The second-order valence-corrected chi connectivity index (χ2v) is 6.87. The fraction of sp³-hybridized carbons (Fsp3) is 0.727. The third-order valence-corrected chi connectivity index (χ3v) is 5.22. The summed E-state index contributed by atoms with van der Waals surface area (Å²) in [6.07, 6.45) is 2.73. The zero-order chi connectivity index (χ0) is 13.9. The number of hydrogen-bond donors (Lipinski definition) is 2. The minimum Gasteiger partial charge on any atom is -0.335 e. The summed E-state index contributed by atoms with van der Waals surface area (Å²) in [4.78, 5) is 8.68. The van der Waals surface area contributed by atoms with E-state index in [1.165, 1.54) is 16.8 Å². The molecule has 2 heterocycles. The Morgan fingerprint density at radius 3 is 2.63 bits per heavy atom. The van der Waals surface area contributed by atoms with E-state index in [1.807, 2.05) is 0 Å². The normalized spacial score (nSPS) is 20.5. The van der Waals surface area contributed by atoms with Crippen LogP contribution in [0.5, 0.6) is 0 Å². The average molecular weight is 287 g/mol. The van der Waals surface area contributed by atoms with E-state index in [0.29, 0.717) is 25.6 Å². The van der Waals surface area contributed by atoms with Crippen LogP contribution >= 0.6 is 0 Å². The Labute approximate surface area is 113 Å². The maximum atomic E-state index is 12.2. The molecule has 1 aliphatic rings. The number of sulfonamides is 1. The summed E-state index contributed by atoms with van der Waals surface area (Å²) in [5, 5.41) is 0.163. The van der Waals surface area contributed by atoms with Gasteiger partial charge in [-0.05, 0) is 12.5 Å². The summed E-state index contributed by atoms with van der Waals surface area (Å²) in [7, 11) is -3.41. The Kier molecular flexibility index (Phi) is 4.56. The lowest BCUT2D eigenvalue weighted by atomic mass is 10.1. The third kappa shape index (κ3) is 3.33. The number of aromatic nitrogens is 2. The molecule has 0 bridgehead atoms. The number of H-pyrrole nitrogens is 1.